The van der Waals surface area contributed by atoms with Crippen LogP contribution >= 0.6 is 0 Å². The van der Waals surface area contributed by atoms with Crippen molar-refractivity contribution in [2.45, 2.75) is 0 Å². The summed E-state index contributed by atoms with van der Waals surface area (Å²) in [6.45, 7) is 0. The van der Waals surface area contributed by atoms with Crippen molar-refractivity contribution >= 4 is 40.5 Å². The zero-order chi connectivity index (χ0) is 8.55. The third kappa shape index (κ3) is 1.94. The second kappa shape index (κ2) is 3.96. The number of nitrogens with zero attached hydrogens (tertiary/aromatic N) is 1. The van der Waals surface area contributed by atoms with Crippen LogP contribution in [0.25, 0.3) is 10.9 Å². The molecule has 62 valence electrons. The van der Waals surface area contributed by atoms with Crippen LogP contribution in [0.2, 0.25) is 0 Å². The SMILES string of the molecule is Oc1cc(O)c2ccccc2n1.[NaH]. The molecule has 0 amide bonds. The number of para-hydroxylation sites is 1. The van der Waals surface area contributed by atoms with E-state index >= 15 is 0 Å². The van der Waals surface area contributed by atoms with Crippen LogP contribution in [0.5, 0.6) is 11.6 Å². The predicted octanol–water partition coefficient (Wildman–Crippen LogP) is 0.997. The molecule has 0 saturated heterocycles. The van der Waals surface area contributed by atoms with Gasteiger partial charge in [-0.1, -0.05) is 12.1 Å². The van der Waals surface area contributed by atoms with Gasteiger partial charge < -0.3 is 10.2 Å². The number of pyridine rings is 1. The van der Waals surface area contributed by atoms with Crippen molar-refractivity contribution in [3.8, 4) is 11.6 Å². The molecule has 13 heavy (non-hydrogen) atoms. The van der Waals surface area contributed by atoms with E-state index in [1.54, 1.807) is 24.3 Å². The topological polar surface area (TPSA) is 53.4 Å². The van der Waals surface area contributed by atoms with E-state index in [1.807, 2.05) is 0 Å². The van der Waals surface area contributed by atoms with Gasteiger partial charge in [0.25, 0.3) is 0 Å². The van der Waals surface area contributed by atoms with Crippen molar-refractivity contribution in [3.05, 3.63) is 30.3 Å². The van der Waals surface area contributed by atoms with Gasteiger partial charge in [0.05, 0.1) is 5.52 Å². The second-order valence-electron chi connectivity index (χ2n) is 2.52. The van der Waals surface area contributed by atoms with E-state index in [-0.39, 0.29) is 41.2 Å². The average Bonchev–Trinajstić information content (AvgIpc) is 2.04. The maximum absolute atomic E-state index is 9.35. The molecule has 0 unspecified atom stereocenters. The van der Waals surface area contributed by atoms with Crippen molar-refractivity contribution in [1.82, 2.24) is 4.98 Å². The molecule has 0 aliphatic heterocycles. The van der Waals surface area contributed by atoms with Crippen LogP contribution < -0.4 is 0 Å². The van der Waals surface area contributed by atoms with E-state index in [0.717, 1.165) is 0 Å². The maximum atomic E-state index is 9.35. The summed E-state index contributed by atoms with van der Waals surface area (Å²) >= 11 is 0. The van der Waals surface area contributed by atoms with Crippen molar-refractivity contribution in [1.29, 1.82) is 0 Å². The van der Waals surface area contributed by atoms with Crippen molar-refractivity contribution in [3.63, 3.8) is 0 Å². The van der Waals surface area contributed by atoms with E-state index in [4.69, 9.17) is 5.11 Å². The number of hydrogen-bond acceptors (Lipinski definition) is 3. The van der Waals surface area contributed by atoms with Gasteiger partial charge in [-0.3, -0.25) is 0 Å². The molecule has 0 atom stereocenters. The number of aromatic hydroxyl groups is 2. The molecule has 0 aliphatic rings. The van der Waals surface area contributed by atoms with Gasteiger partial charge in [0.1, 0.15) is 5.75 Å². The van der Waals surface area contributed by atoms with Crippen LogP contribution in [0.1, 0.15) is 0 Å². The Morgan fingerprint density at radius 3 is 2.54 bits per heavy atom. The third-order valence-corrected chi connectivity index (χ3v) is 1.68. The number of rotatable bonds is 0. The molecule has 4 heteroatoms. The number of hydrogen-bond donors (Lipinski definition) is 2. The fraction of sp³-hybridized carbons (Fsp3) is 0. The Labute approximate surface area is 97.3 Å². The molecule has 2 rings (SSSR count). The molecule has 0 spiro atoms. The van der Waals surface area contributed by atoms with Gasteiger partial charge in [-0.15, -0.1) is 0 Å². The number of aromatic nitrogens is 1. The molecule has 3 nitrogen and oxygen atoms in total. The summed E-state index contributed by atoms with van der Waals surface area (Å²) in [5.74, 6) is -0.107. The van der Waals surface area contributed by atoms with Gasteiger partial charge in [0, 0.05) is 11.5 Å². The van der Waals surface area contributed by atoms with Gasteiger partial charge in [-0.2, -0.15) is 0 Å². The minimum absolute atomic E-state index is 0. The summed E-state index contributed by atoms with van der Waals surface area (Å²) in [4.78, 5) is 3.83. The summed E-state index contributed by atoms with van der Waals surface area (Å²) in [6.07, 6.45) is 0. The van der Waals surface area contributed by atoms with Crippen LogP contribution in [0.15, 0.2) is 30.3 Å². The predicted molar refractivity (Wildman–Crippen MR) is 52.2 cm³/mol. The van der Waals surface area contributed by atoms with Crippen molar-refractivity contribution in [2.75, 3.05) is 0 Å². The Bertz CT molecular complexity index is 431. The zero-order valence-electron chi connectivity index (χ0n) is 6.23. The molecule has 0 bridgehead atoms. The van der Waals surface area contributed by atoms with Gasteiger partial charge in [-0.25, -0.2) is 4.98 Å². The molecule has 1 heterocycles. The number of fused-ring (bicyclic) bond motifs is 1. The van der Waals surface area contributed by atoms with E-state index in [1.165, 1.54) is 6.07 Å². The molecule has 2 aromatic rings. The molecule has 1 aromatic heterocycles. The fourth-order valence-corrected chi connectivity index (χ4v) is 1.14. The Kier molecular flexibility index (Phi) is 3.14. The summed E-state index contributed by atoms with van der Waals surface area (Å²) in [5, 5.41) is 19.0. The first-order chi connectivity index (χ1) is 5.77. The van der Waals surface area contributed by atoms with Gasteiger partial charge >= 0.3 is 29.6 Å². The van der Waals surface area contributed by atoms with Crippen molar-refractivity contribution < 1.29 is 10.2 Å². The molecular formula is C9H8NNaO2. The Morgan fingerprint density at radius 2 is 1.77 bits per heavy atom. The summed E-state index contributed by atoms with van der Waals surface area (Å²) in [6, 6.07) is 8.31. The molecular weight excluding hydrogens is 177 g/mol. The van der Waals surface area contributed by atoms with E-state index < -0.39 is 0 Å². The van der Waals surface area contributed by atoms with Crippen LogP contribution in [0, 0.1) is 0 Å². The van der Waals surface area contributed by atoms with E-state index in [2.05, 4.69) is 4.98 Å². The normalized spacial score (nSPS) is 9.54. The second-order valence-corrected chi connectivity index (χ2v) is 2.52. The van der Waals surface area contributed by atoms with Gasteiger partial charge in [-0.05, 0) is 12.1 Å². The van der Waals surface area contributed by atoms with E-state index in [0.29, 0.717) is 10.9 Å². The minimum atomic E-state index is -0.161. The summed E-state index contributed by atoms with van der Waals surface area (Å²) in [7, 11) is 0. The van der Waals surface area contributed by atoms with E-state index in [9.17, 15) is 5.11 Å². The molecule has 0 saturated carbocycles. The summed E-state index contributed by atoms with van der Waals surface area (Å²) in [5.41, 5.74) is 0.593. The van der Waals surface area contributed by atoms with Crippen LogP contribution in [0.4, 0.5) is 0 Å². The average molecular weight is 185 g/mol. The Hall–Kier alpha value is -0.770. The molecule has 2 N–H and O–H groups in total. The monoisotopic (exact) mass is 185 g/mol. The first-order valence-electron chi connectivity index (χ1n) is 3.55. The molecule has 0 radical (unpaired) electrons. The van der Waals surface area contributed by atoms with Crippen molar-refractivity contribution in [2.24, 2.45) is 0 Å². The molecule has 1 aromatic carbocycles. The standard InChI is InChI=1S/C9H7NO2.Na.H/c11-8-5-9(12)10-7-4-2-1-3-6(7)8;;/h1-5H,(H2,10,11,12);;. The third-order valence-electron chi connectivity index (χ3n) is 1.68. The first kappa shape index (κ1) is 10.3. The van der Waals surface area contributed by atoms with Crippen LogP contribution in [-0.4, -0.2) is 44.8 Å². The molecule has 0 fully saturated rings. The fourth-order valence-electron chi connectivity index (χ4n) is 1.14. The van der Waals surface area contributed by atoms with Gasteiger partial charge in [0.15, 0.2) is 0 Å². The molecule has 0 aliphatic carbocycles. The Balaban J connectivity index is 0.000000845. The Morgan fingerprint density at radius 1 is 1.08 bits per heavy atom. The van der Waals surface area contributed by atoms with Crippen LogP contribution in [0.3, 0.4) is 0 Å². The summed E-state index contributed by atoms with van der Waals surface area (Å²) < 4.78 is 0. The quantitative estimate of drug-likeness (QED) is 0.602. The van der Waals surface area contributed by atoms with Gasteiger partial charge in [0.2, 0.25) is 5.88 Å². The zero-order valence-corrected chi connectivity index (χ0v) is 6.23. The van der Waals surface area contributed by atoms with Crippen LogP contribution in [-0.2, 0) is 0 Å². The first-order valence-corrected chi connectivity index (χ1v) is 3.55. The number of benzene rings is 1.